The molecule has 0 N–H and O–H groups in total. The van der Waals surface area contributed by atoms with Crippen LogP contribution in [0.3, 0.4) is 0 Å². The minimum Gasteiger partial charge on any atom is -0.441 e. The number of hydrogen-bond acceptors (Lipinski definition) is 3. The van der Waals surface area contributed by atoms with Gasteiger partial charge in [-0.3, -0.25) is 9.48 Å². The van der Waals surface area contributed by atoms with E-state index in [1.54, 1.807) is 16.9 Å². The fraction of sp³-hybridized carbons (Fsp3) is 0.200. The van der Waals surface area contributed by atoms with Crippen LogP contribution in [0.1, 0.15) is 23.2 Å². The monoisotopic (exact) mass is 302 g/mol. The molecule has 0 aliphatic carbocycles. The van der Waals surface area contributed by atoms with Crippen LogP contribution in [-0.2, 0) is 6.54 Å². The molecular weight excluding hydrogens is 295 g/mol. The molecule has 0 aromatic carbocycles. The SMILES string of the molecule is CCn1ncc(Br)c1C(=O)c1ccc(Cl)o1. The van der Waals surface area contributed by atoms with E-state index in [0.29, 0.717) is 16.7 Å². The van der Waals surface area contributed by atoms with Crippen LogP contribution < -0.4 is 0 Å². The molecule has 0 aliphatic rings. The summed E-state index contributed by atoms with van der Waals surface area (Å²) in [5.41, 5.74) is 0.466. The summed E-state index contributed by atoms with van der Waals surface area (Å²) in [4.78, 5) is 12.1. The van der Waals surface area contributed by atoms with E-state index >= 15 is 0 Å². The molecule has 2 aromatic heterocycles. The van der Waals surface area contributed by atoms with E-state index in [2.05, 4.69) is 21.0 Å². The zero-order valence-electron chi connectivity index (χ0n) is 8.41. The fourth-order valence-corrected chi connectivity index (χ4v) is 2.00. The molecule has 0 amide bonds. The van der Waals surface area contributed by atoms with E-state index in [4.69, 9.17) is 16.0 Å². The Morgan fingerprint density at radius 1 is 1.62 bits per heavy atom. The fourth-order valence-electron chi connectivity index (χ4n) is 1.38. The van der Waals surface area contributed by atoms with Gasteiger partial charge in [0, 0.05) is 6.54 Å². The maximum Gasteiger partial charge on any atom is 0.247 e. The highest BCUT2D eigenvalue weighted by molar-refractivity contribution is 9.10. The van der Waals surface area contributed by atoms with Crippen molar-refractivity contribution in [2.75, 3.05) is 0 Å². The lowest BCUT2D eigenvalue weighted by molar-refractivity contribution is 0.0998. The van der Waals surface area contributed by atoms with Gasteiger partial charge in [-0.25, -0.2) is 0 Å². The Labute approximate surface area is 105 Å². The predicted molar refractivity (Wildman–Crippen MR) is 62.8 cm³/mol. The lowest BCUT2D eigenvalue weighted by Crippen LogP contribution is -2.10. The van der Waals surface area contributed by atoms with Gasteiger partial charge in [-0.15, -0.1) is 0 Å². The normalized spacial score (nSPS) is 10.7. The second-order valence-electron chi connectivity index (χ2n) is 3.09. The molecule has 2 heterocycles. The molecule has 4 nitrogen and oxygen atoms in total. The zero-order valence-corrected chi connectivity index (χ0v) is 10.7. The molecule has 16 heavy (non-hydrogen) atoms. The lowest BCUT2D eigenvalue weighted by atomic mass is 10.2. The van der Waals surface area contributed by atoms with E-state index in [1.807, 2.05) is 6.92 Å². The number of ketones is 1. The summed E-state index contributed by atoms with van der Waals surface area (Å²) in [6.45, 7) is 2.52. The Hall–Kier alpha value is -1.07. The summed E-state index contributed by atoms with van der Waals surface area (Å²) in [6, 6.07) is 3.08. The molecular formula is C10H8BrClN2O2. The van der Waals surface area contributed by atoms with Gasteiger partial charge in [0.2, 0.25) is 5.78 Å². The molecule has 2 rings (SSSR count). The number of rotatable bonds is 3. The highest BCUT2D eigenvalue weighted by atomic mass is 79.9. The Balaban J connectivity index is 2.44. The highest BCUT2D eigenvalue weighted by Crippen LogP contribution is 2.22. The van der Waals surface area contributed by atoms with Crippen molar-refractivity contribution in [2.45, 2.75) is 13.5 Å². The minimum atomic E-state index is -0.238. The first kappa shape index (κ1) is 11.4. The van der Waals surface area contributed by atoms with E-state index in [0.717, 1.165) is 0 Å². The smallest absolute Gasteiger partial charge is 0.247 e. The topological polar surface area (TPSA) is 48.0 Å². The zero-order chi connectivity index (χ0) is 11.7. The second kappa shape index (κ2) is 4.43. The molecule has 0 aliphatic heterocycles. The Bertz CT molecular complexity index is 533. The number of carbonyl (C=O) groups excluding carboxylic acids is 1. The molecule has 0 saturated carbocycles. The van der Waals surface area contributed by atoms with Crippen molar-refractivity contribution in [3.63, 3.8) is 0 Å². The van der Waals surface area contributed by atoms with Gasteiger partial charge in [-0.05, 0) is 46.6 Å². The summed E-state index contributed by atoms with van der Waals surface area (Å²) in [5.74, 6) is -0.0287. The molecule has 0 fully saturated rings. The number of halogens is 2. The summed E-state index contributed by atoms with van der Waals surface area (Å²) in [5, 5.41) is 4.26. The van der Waals surface area contributed by atoms with Crippen LogP contribution in [0.5, 0.6) is 0 Å². The number of nitrogens with zero attached hydrogens (tertiary/aromatic N) is 2. The van der Waals surface area contributed by atoms with Crippen LogP contribution in [0.25, 0.3) is 0 Å². The van der Waals surface area contributed by atoms with E-state index in [-0.39, 0.29) is 16.8 Å². The molecule has 6 heteroatoms. The Morgan fingerprint density at radius 3 is 2.94 bits per heavy atom. The molecule has 84 valence electrons. The number of carbonyl (C=O) groups is 1. The number of furan rings is 1. The van der Waals surface area contributed by atoms with Crippen molar-refractivity contribution in [1.82, 2.24) is 9.78 Å². The van der Waals surface area contributed by atoms with Gasteiger partial charge in [-0.1, -0.05) is 0 Å². The van der Waals surface area contributed by atoms with Crippen molar-refractivity contribution in [2.24, 2.45) is 0 Å². The largest absolute Gasteiger partial charge is 0.441 e. The van der Waals surface area contributed by atoms with Crippen LogP contribution in [0.2, 0.25) is 5.22 Å². The first-order valence-corrected chi connectivity index (χ1v) is 5.82. The maximum atomic E-state index is 12.1. The van der Waals surface area contributed by atoms with Gasteiger partial charge in [-0.2, -0.15) is 5.10 Å². The van der Waals surface area contributed by atoms with Gasteiger partial charge >= 0.3 is 0 Å². The molecule has 0 radical (unpaired) electrons. The van der Waals surface area contributed by atoms with E-state index in [1.165, 1.54) is 6.07 Å². The molecule has 0 saturated heterocycles. The summed E-state index contributed by atoms with van der Waals surface area (Å²) in [6.07, 6.45) is 1.58. The minimum absolute atomic E-state index is 0.196. The molecule has 0 unspecified atom stereocenters. The number of aryl methyl sites for hydroxylation is 1. The predicted octanol–water partition coefficient (Wildman–Crippen LogP) is 3.14. The van der Waals surface area contributed by atoms with Gasteiger partial charge < -0.3 is 4.42 Å². The van der Waals surface area contributed by atoms with Crippen molar-refractivity contribution < 1.29 is 9.21 Å². The van der Waals surface area contributed by atoms with Crippen molar-refractivity contribution in [3.05, 3.63) is 39.5 Å². The van der Waals surface area contributed by atoms with Gasteiger partial charge in [0.05, 0.1) is 10.7 Å². The molecule has 2 aromatic rings. The summed E-state index contributed by atoms with van der Waals surface area (Å²) in [7, 11) is 0. The van der Waals surface area contributed by atoms with Gasteiger partial charge in [0.25, 0.3) is 0 Å². The van der Waals surface area contributed by atoms with Crippen LogP contribution in [0, 0.1) is 0 Å². The third-order valence-electron chi connectivity index (χ3n) is 2.11. The third kappa shape index (κ3) is 1.92. The van der Waals surface area contributed by atoms with Crippen molar-refractivity contribution in [3.8, 4) is 0 Å². The van der Waals surface area contributed by atoms with Crippen LogP contribution in [0.15, 0.2) is 27.2 Å². The van der Waals surface area contributed by atoms with Crippen LogP contribution >= 0.6 is 27.5 Å². The average Bonchev–Trinajstić information content (AvgIpc) is 2.83. The van der Waals surface area contributed by atoms with Crippen molar-refractivity contribution >= 4 is 33.3 Å². The molecule has 0 atom stereocenters. The quantitative estimate of drug-likeness (QED) is 0.818. The second-order valence-corrected chi connectivity index (χ2v) is 4.32. The first-order valence-electron chi connectivity index (χ1n) is 4.64. The van der Waals surface area contributed by atoms with Crippen molar-refractivity contribution in [1.29, 1.82) is 0 Å². The molecule has 0 bridgehead atoms. The van der Waals surface area contributed by atoms with E-state index < -0.39 is 0 Å². The van der Waals surface area contributed by atoms with Crippen LogP contribution in [-0.4, -0.2) is 15.6 Å². The lowest BCUT2D eigenvalue weighted by Gasteiger charge is -2.02. The Kier molecular flexibility index (Phi) is 3.16. The number of aromatic nitrogens is 2. The maximum absolute atomic E-state index is 12.1. The standard InChI is InChI=1S/C10H8BrClN2O2/c1-2-14-9(6(11)5-13-14)10(15)7-3-4-8(12)16-7/h3-5H,2H2,1H3. The van der Waals surface area contributed by atoms with Gasteiger partial charge in [0.15, 0.2) is 11.0 Å². The molecule has 0 spiro atoms. The third-order valence-corrected chi connectivity index (χ3v) is 2.89. The Morgan fingerprint density at radius 2 is 2.38 bits per heavy atom. The van der Waals surface area contributed by atoms with Crippen LogP contribution in [0.4, 0.5) is 0 Å². The summed E-state index contributed by atoms with van der Waals surface area (Å²) >= 11 is 8.91. The average molecular weight is 304 g/mol. The highest BCUT2D eigenvalue weighted by Gasteiger charge is 2.20. The number of hydrogen-bond donors (Lipinski definition) is 0. The summed E-state index contributed by atoms with van der Waals surface area (Å²) < 4.78 is 7.32. The van der Waals surface area contributed by atoms with Gasteiger partial charge in [0.1, 0.15) is 5.69 Å². The first-order chi connectivity index (χ1) is 7.63. The van der Waals surface area contributed by atoms with E-state index in [9.17, 15) is 4.79 Å².